The number of para-hydroxylation sites is 1. The molecule has 0 fully saturated rings. The van der Waals surface area contributed by atoms with E-state index in [0.29, 0.717) is 4.88 Å². The van der Waals surface area contributed by atoms with E-state index >= 15 is 0 Å². The average molecular weight is 270 g/mol. The lowest BCUT2D eigenvalue weighted by atomic mass is 10.3. The molecule has 1 aromatic carbocycles. The smallest absolute Gasteiger partial charge is 0.345 e. The molecule has 0 aliphatic carbocycles. The van der Waals surface area contributed by atoms with Gasteiger partial charge in [-0.15, -0.1) is 11.3 Å². The number of carbonyl (C=O) groups is 1. The van der Waals surface area contributed by atoms with Crippen LogP contribution in [0.2, 0.25) is 0 Å². The molecule has 0 atom stereocenters. The normalized spacial score (nSPS) is 10.5. The summed E-state index contributed by atoms with van der Waals surface area (Å²) in [4.78, 5) is 12.1. The summed E-state index contributed by atoms with van der Waals surface area (Å²) in [6.45, 7) is 0. The van der Waals surface area contributed by atoms with Gasteiger partial charge in [0.2, 0.25) is 0 Å². The molecule has 19 heavy (non-hydrogen) atoms. The summed E-state index contributed by atoms with van der Waals surface area (Å²) < 4.78 is 1.77. The zero-order valence-corrected chi connectivity index (χ0v) is 10.7. The van der Waals surface area contributed by atoms with Gasteiger partial charge in [-0.25, -0.2) is 9.48 Å². The van der Waals surface area contributed by atoms with Crippen molar-refractivity contribution in [2.45, 2.75) is 0 Å². The van der Waals surface area contributed by atoms with E-state index < -0.39 is 5.97 Å². The number of thiophene rings is 1. The third-order valence-electron chi connectivity index (χ3n) is 2.70. The second-order valence-electron chi connectivity index (χ2n) is 3.98. The fourth-order valence-corrected chi connectivity index (χ4v) is 2.60. The van der Waals surface area contributed by atoms with Crippen molar-refractivity contribution in [2.24, 2.45) is 0 Å². The molecule has 0 amide bonds. The van der Waals surface area contributed by atoms with Crippen molar-refractivity contribution in [2.75, 3.05) is 0 Å². The maximum atomic E-state index is 10.9. The fraction of sp³-hybridized carbons (Fsp3) is 0. The van der Waals surface area contributed by atoms with Crippen molar-refractivity contribution in [3.05, 3.63) is 59.7 Å². The standard InChI is InChI=1S/C14H10N2O2S/c17-14(18)13-7-6-12(19-13)10-8-15-16(9-10)11-4-2-1-3-5-11/h1-9H,(H,17,18). The Bertz CT molecular complexity index is 716. The zero-order valence-electron chi connectivity index (χ0n) is 9.85. The number of nitrogens with zero attached hydrogens (tertiary/aromatic N) is 2. The Labute approximate surface area is 113 Å². The predicted octanol–water partition coefficient (Wildman–Crippen LogP) is 3.30. The molecule has 2 aromatic heterocycles. The monoisotopic (exact) mass is 270 g/mol. The highest BCUT2D eigenvalue weighted by Gasteiger charge is 2.10. The Balaban J connectivity index is 1.94. The van der Waals surface area contributed by atoms with E-state index in [-0.39, 0.29) is 0 Å². The lowest BCUT2D eigenvalue weighted by molar-refractivity contribution is 0.0702. The minimum Gasteiger partial charge on any atom is -0.477 e. The molecule has 94 valence electrons. The Kier molecular flexibility index (Phi) is 2.89. The van der Waals surface area contributed by atoms with Crippen molar-refractivity contribution in [1.82, 2.24) is 9.78 Å². The van der Waals surface area contributed by atoms with Gasteiger partial charge in [-0.3, -0.25) is 0 Å². The van der Waals surface area contributed by atoms with Gasteiger partial charge in [-0.05, 0) is 24.3 Å². The molecule has 0 saturated carbocycles. The van der Waals surface area contributed by atoms with Crippen LogP contribution in [-0.4, -0.2) is 20.9 Å². The molecule has 2 heterocycles. The molecule has 0 unspecified atom stereocenters. The summed E-state index contributed by atoms with van der Waals surface area (Å²) in [5.74, 6) is -0.897. The third kappa shape index (κ3) is 2.28. The Morgan fingerprint density at radius 2 is 1.95 bits per heavy atom. The van der Waals surface area contributed by atoms with Crippen molar-refractivity contribution in [3.8, 4) is 16.1 Å². The third-order valence-corrected chi connectivity index (χ3v) is 3.83. The van der Waals surface area contributed by atoms with E-state index in [2.05, 4.69) is 5.10 Å². The summed E-state index contributed by atoms with van der Waals surface area (Å²) in [5.41, 5.74) is 1.89. The van der Waals surface area contributed by atoms with E-state index in [0.717, 1.165) is 16.1 Å². The molecule has 0 aliphatic rings. The number of hydrogen-bond acceptors (Lipinski definition) is 3. The zero-order chi connectivity index (χ0) is 13.2. The second kappa shape index (κ2) is 4.70. The van der Waals surface area contributed by atoms with Crippen molar-refractivity contribution < 1.29 is 9.90 Å². The summed E-state index contributed by atoms with van der Waals surface area (Å²) in [6, 6.07) is 13.2. The minimum absolute atomic E-state index is 0.336. The molecule has 0 aliphatic heterocycles. The maximum absolute atomic E-state index is 10.9. The molecule has 0 spiro atoms. The predicted molar refractivity (Wildman–Crippen MR) is 73.8 cm³/mol. The minimum atomic E-state index is -0.897. The lowest BCUT2D eigenvalue weighted by Crippen LogP contribution is -1.92. The molecule has 3 rings (SSSR count). The molecule has 5 heteroatoms. The van der Waals surface area contributed by atoms with Crippen LogP contribution in [0, 0.1) is 0 Å². The molecule has 4 nitrogen and oxygen atoms in total. The van der Waals surface area contributed by atoms with Crippen LogP contribution in [0.4, 0.5) is 0 Å². The summed E-state index contributed by atoms with van der Waals surface area (Å²) in [6.07, 6.45) is 3.64. The summed E-state index contributed by atoms with van der Waals surface area (Å²) in [7, 11) is 0. The average Bonchev–Trinajstić information content (AvgIpc) is 3.09. The second-order valence-corrected chi connectivity index (χ2v) is 5.06. The van der Waals surface area contributed by atoms with Crippen LogP contribution >= 0.6 is 11.3 Å². The van der Waals surface area contributed by atoms with Crippen molar-refractivity contribution in [3.63, 3.8) is 0 Å². The molecular formula is C14H10N2O2S. The quantitative estimate of drug-likeness (QED) is 0.794. The molecule has 3 aromatic rings. The molecule has 0 radical (unpaired) electrons. The highest BCUT2D eigenvalue weighted by atomic mass is 32.1. The van der Waals surface area contributed by atoms with E-state index in [1.54, 1.807) is 23.0 Å². The van der Waals surface area contributed by atoms with Crippen molar-refractivity contribution >= 4 is 17.3 Å². The van der Waals surface area contributed by atoms with E-state index in [1.807, 2.05) is 36.5 Å². The van der Waals surface area contributed by atoms with Gasteiger partial charge in [-0.1, -0.05) is 18.2 Å². The SMILES string of the molecule is O=C(O)c1ccc(-c2cnn(-c3ccccc3)c2)s1. The largest absolute Gasteiger partial charge is 0.477 e. The fourth-order valence-electron chi connectivity index (χ4n) is 1.78. The number of benzene rings is 1. The molecule has 1 N–H and O–H groups in total. The molecule has 0 bridgehead atoms. The van der Waals surface area contributed by atoms with Gasteiger partial charge in [0.05, 0.1) is 11.9 Å². The van der Waals surface area contributed by atoms with Crippen LogP contribution in [0.15, 0.2) is 54.9 Å². The number of aromatic carboxylic acids is 1. The van der Waals surface area contributed by atoms with Crippen LogP contribution in [0.1, 0.15) is 9.67 Å². The summed E-state index contributed by atoms with van der Waals surface area (Å²) in [5, 5.41) is 13.2. The van der Waals surface area contributed by atoms with E-state index in [4.69, 9.17) is 5.11 Å². The first kappa shape index (κ1) is 11.7. The summed E-state index contributed by atoms with van der Waals surface area (Å²) >= 11 is 1.25. The van der Waals surface area contributed by atoms with Gasteiger partial charge in [0.25, 0.3) is 0 Å². The Morgan fingerprint density at radius 1 is 1.16 bits per heavy atom. The molecular weight excluding hydrogens is 260 g/mol. The maximum Gasteiger partial charge on any atom is 0.345 e. The lowest BCUT2D eigenvalue weighted by Gasteiger charge is -1.98. The van der Waals surface area contributed by atoms with Crippen LogP contribution in [0.3, 0.4) is 0 Å². The highest BCUT2D eigenvalue weighted by molar-refractivity contribution is 7.17. The topological polar surface area (TPSA) is 55.1 Å². The van der Waals surface area contributed by atoms with Crippen LogP contribution < -0.4 is 0 Å². The number of carboxylic acid groups (broad SMARTS) is 1. The first-order valence-electron chi connectivity index (χ1n) is 5.67. The Hall–Kier alpha value is -2.40. The van der Waals surface area contributed by atoms with E-state index in [9.17, 15) is 4.79 Å². The van der Waals surface area contributed by atoms with E-state index in [1.165, 1.54) is 11.3 Å². The van der Waals surface area contributed by atoms with Gasteiger partial charge in [-0.2, -0.15) is 5.10 Å². The van der Waals surface area contributed by atoms with Crippen LogP contribution in [-0.2, 0) is 0 Å². The van der Waals surface area contributed by atoms with Gasteiger partial charge < -0.3 is 5.11 Å². The number of aromatic nitrogens is 2. The first-order valence-corrected chi connectivity index (χ1v) is 6.49. The number of rotatable bonds is 3. The van der Waals surface area contributed by atoms with Gasteiger partial charge >= 0.3 is 5.97 Å². The molecule has 0 saturated heterocycles. The number of hydrogen-bond donors (Lipinski definition) is 1. The number of carboxylic acids is 1. The van der Waals surface area contributed by atoms with Crippen LogP contribution in [0.25, 0.3) is 16.1 Å². The Morgan fingerprint density at radius 3 is 2.63 bits per heavy atom. The van der Waals surface area contributed by atoms with Gasteiger partial charge in [0.1, 0.15) is 4.88 Å². The first-order chi connectivity index (χ1) is 9.24. The van der Waals surface area contributed by atoms with Crippen molar-refractivity contribution in [1.29, 1.82) is 0 Å². The highest BCUT2D eigenvalue weighted by Crippen LogP contribution is 2.28. The van der Waals surface area contributed by atoms with Gasteiger partial charge in [0.15, 0.2) is 0 Å². The van der Waals surface area contributed by atoms with Gasteiger partial charge in [0, 0.05) is 16.6 Å². The van der Waals surface area contributed by atoms with Crippen LogP contribution in [0.5, 0.6) is 0 Å².